The van der Waals surface area contributed by atoms with Crippen LogP contribution in [0.25, 0.3) is 0 Å². The number of benzene rings is 2. The summed E-state index contributed by atoms with van der Waals surface area (Å²) in [6, 6.07) is 22.4. The Morgan fingerprint density at radius 1 is 0.912 bits per heavy atom. The topological polar surface area (TPSA) is 66.0 Å². The molecule has 1 saturated heterocycles. The lowest BCUT2D eigenvalue weighted by molar-refractivity contribution is -0.185. The molecule has 7 nitrogen and oxygen atoms in total. The van der Waals surface area contributed by atoms with Crippen LogP contribution in [-0.2, 0) is 16.2 Å². The molecule has 1 atom stereocenters. The van der Waals surface area contributed by atoms with Crippen LogP contribution < -0.4 is 4.90 Å². The number of carbonyl (C=O) groups excluding carboxylic acids is 2. The van der Waals surface area contributed by atoms with Gasteiger partial charge >= 0.3 is 5.97 Å². The molecule has 0 N–H and O–H groups in total. The van der Waals surface area contributed by atoms with Crippen LogP contribution in [0.2, 0.25) is 0 Å². The van der Waals surface area contributed by atoms with E-state index in [2.05, 4.69) is 14.8 Å². The van der Waals surface area contributed by atoms with Crippen LogP contribution in [0.5, 0.6) is 0 Å². The number of rotatable bonds is 7. The number of nitrogens with zero attached hydrogens (tertiary/aromatic N) is 4. The fourth-order valence-electron chi connectivity index (χ4n) is 4.02. The second-order valence-corrected chi connectivity index (χ2v) is 8.50. The van der Waals surface area contributed by atoms with Gasteiger partial charge in [0, 0.05) is 56.4 Å². The van der Waals surface area contributed by atoms with Crippen LogP contribution in [0.4, 0.5) is 5.69 Å². The van der Waals surface area contributed by atoms with Gasteiger partial charge in [-0.2, -0.15) is 5.06 Å². The Balaban J connectivity index is 1.35. The molecule has 176 valence electrons. The van der Waals surface area contributed by atoms with Crippen molar-refractivity contribution in [1.29, 1.82) is 0 Å². The van der Waals surface area contributed by atoms with Gasteiger partial charge in [0.15, 0.2) is 0 Å². The van der Waals surface area contributed by atoms with Crippen molar-refractivity contribution in [2.24, 2.45) is 5.92 Å². The van der Waals surface area contributed by atoms with Gasteiger partial charge < -0.3 is 9.74 Å². The molecule has 0 spiro atoms. The summed E-state index contributed by atoms with van der Waals surface area (Å²) < 4.78 is 0. The van der Waals surface area contributed by atoms with Crippen LogP contribution in [0.15, 0.2) is 85.2 Å². The summed E-state index contributed by atoms with van der Waals surface area (Å²) in [6.07, 6.45) is 3.61. The summed E-state index contributed by atoms with van der Waals surface area (Å²) in [7, 11) is 0. The predicted octanol–water partition coefficient (Wildman–Crippen LogP) is 3.64. The average molecular weight is 459 g/mol. The molecule has 34 heavy (non-hydrogen) atoms. The summed E-state index contributed by atoms with van der Waals surface area (Å²) in [4.78, 5) is 40.4. The standard InChI is InChI=1S/C27H30N4O3/c1-22(20-29-16-18-30(19-17-29)25-12-14-28-15-13-25)27(33)34-31(21-23-8-4-2-5-9-23)26(32)24-10-6-3-7-11-24/h2-15,22H,16-21H2,1H3. The second-order valence-electron chi connectivity index (χ2n) is 8.50. The maximum Gasteiger partial charge on any atom is 0.336 e. The van der Waals surface area contributed by atoms with Crippen molar-refractivity contribution in [2.75, 3.05) is 37.6 Å². The molecule has 7 heteroatoms. The quantitative estimate of drug-likeness (QED) is 0.504. The van der Waals surface area contributed by atoms with E-state index >= 15 is 0 Å². The van der Waals surface area contributed by atoms with Crippen molar-refractivity contribution >= 4 is 17.6 Å². The van der Waals surface area contributed by atoms with E-state index in [1.54, 1.807) is 36.7 Å². The molecule has 1 unspecified atom stereocenters. The van der Waals surface area contributed by atoms with Gasteiger partial charge in [-0.3, -0.25) is 14.7 Å². The minimum atomic E-state index is -0.406. The molecular weight excluding hydrogens is 428 g/mol. The predicted molar refractivity (Wildman–Crippen MR) is 131 cm³/mol. The Hall–Kier alpha value is -3.71. The average Bonchev–Trinajstić information content (AvgIpc) is 2.90. The van der Waals surface area contributed by atoms with Gasteiger partial charge in [-0.05, 0) is 29.8 Å². The zero-order valence-corrected chi connectivity index (χ0v) is 19.4. The van der Waals surface area contributed by atoms with Gasteiger partial charge in [-0.25, -0.2) is 4.79 Å². The minimum absolute atomic E-state index is 0.192. The Labute approximate surface area is 200 Å². The van der Waals surface area contributed by atoms with E-state index in [-0.39, 0.29) is 18.4 Å². The number of carbonyl (C=O) groups is 2. The van der Waals surface area contributed by atoms with Crippen LogP contribution >= 0.6 is 0 Å². The number of pyridine rings is 1. The fraction of sp³-hybridized carbons (Fsp3) is 0.296. The first-order valence-corrected chi connectivity index (χ1v) is 11.6. The van der Waals surface area contributed by atoms with Crippen LogP contribution in [0.1, 0.15) is 22.8 Å². The third-order valence-electron chi connectivity index (χ3n) is 5.95. The molecule has 1 aliphatic heterocycles. The van der Waals surface area contributed by atoms with Crippen molar-refractivity contribution in [3.63, 3.8) is 0 Å². The third kappa shape index (κ3) is 6.20. The molecule has 1 aliphatic rings. The third-order valence-corrected chi connectivity index (χ3v) is 5.95. The highest BCUT2D eigenvalue weighted by molar-refractivity contribution is 5.94. The summed E-state index contributed by atoms with van der Waals surface area (Å²) in [6.45, 7) is 6.12. The normalized spacial score (nSPS) is 14.9. The Bertz CT molecular complexity index is 1060. The molecule has 2 heterocycles. The lowest BCUT2D eigenvalue weighted by Crippen LogP contribution is -2.48. The smallest absolute Gasteiger partial charge is 0.336 e. The summed E-state index contributed by atoms with van der Waals surface area (Å²) in [5.41, 5.74) is 2.53. The highest BCUT2D eigenvalue weighted by Crippen LogP contribution is 2.17. The zero-order valence-electron chi connectivity index (χ0n) is 19.4. The summed E-state index contributed by atoms with van der Waals surface area (Å²) >= 11 is 0. The Morgan fingerprint density at radius 2 is 1.53 bits per heavy atom. The van der Waals surface area contributed by atoms with E-state index in [4.69, 9.17) is 4.84 Å². The number of anilines is 1. The van der Waals surface area contributed by atoms with Crippen molar-refractivity contribution in [3.8, 4) is 0 Å². The minimum Gasteiger partial charge on any atom is -0.369 e. The van der Waals surface area contributed by atoms with E-state index in [9.17, 15) is 9.59 Å². The van der Waals surface area contributed by atoms with Gasteiger partial charge in [0.1, 0.15) is 0 Å². The highest BCUT2D eigenvalue weighted by Gasteiger charge is 2.27. The van der Waals surface area contributed by atoms with E-state index in [0.717, 1.165) is 37.4 Å². The molecule has 0 bridgehead atoms. The summed E-state index contributed by atoms with van der Waals surface area (Å²) in [5, 5.41) is 1.17. The largest absolute Gasteiger partial charge is 0.369 e. The molecule has 0 saturated carbocycles. The Morgan fingerprint density at radius 3 is 2.18 bits per heavy atom. The lowest BCUT2D eigenvalue weighted by atomic mass is 10.1. The molecule has 2 aromatic carbocycles. The molecule has 0 aliphatic carbocycles. The van der Waals surface area contributed by atoms with E-state index < -0.39 is 5.97 Å². The molecular formula is C27H30N4O3. The number of piperazine rings is 1. The van der Waals surface area contributed by atoms with Gasteiger partial charge in [0.25, 0.3) is 5.91 Å². The zero-order chi connectivity index (χ0) is 23.8. The van der Waals surface area contributed by atoms with Crippen molar-refractivity contribution in [3.05, 3.63) is 96.3 Å². The Kier molecular flexibility index (Phi) is 7.88. The van der Waals surface area contributed by atoms with Gasteiger partial charge in [-0.1, -0.05) is 55.5 Å². The number of hydrogen-bond donors (Lipinski definition) is 0. The SMILES string of the molecule is CC(CN1CCN(c2ccncc2)CC1)C(=O)ON(Cc1ccccc1)C(=O)c1ccccc1. The van der Waals surface area contributed by atoms with E-state index in [1.807, 2.05) is 55.5 Å². The number of hydrogen-bond acceptors (Lipinski definition) is 6. The molecule has 1 amide bonds. The molecule has 3 aromatic rings. The van der Waals surface area contributed by atoms with Gasteiger partial charge in [0.2, 0.25) is 0 Å². The number of aromatic nitrogens is 1. The maximum atomic E-state index is 13.1. The molecule has 4 rings (SSSR count). The second kappa shape index (κ2) is 11.4. The van der Waals surface area contributed by atoms with Crippen molar-refractivity contribution in [2.45, 2.75) is 13.5 Å². The number of hydroxylamine groups is 2. The maximum absolute atomic E-state index is 13.1. The molecule has 1 aromatic heterocycles. The highest BCUT2D eigenvalue weighted by atomic mass is 16.7. The van der Waals surface area contributed by atoms with E-state index in [1.165, 1.54) is 5.06 Å². The lowest BCUT2D eigenvalue weighted by Gasteiger charge is -2.36. The fourth-order valence-corrected chi connectivity index (χ4v) is 4.02. The monoisotopic (exact) mass is 458 g/mol. The first-order chi connectivity index (χ1) is 16.6. The van der Waals surface area contributed by atoms with Crippen LogP contribution in [0, 0.1) is 5.92 Å². The first-order valence-electron chi connectivity index (χ1n) is 11.6. The van der Waals surface area contributed by atoms with Crippen molar-refractivity contribution in [1.82, 2.24) is 14.9 Å². The van der Waals surface area contributed by atoms with Gasteiger partial charge in [-0.15, -0.1) is 0 Å². The first kappa shape index (κ1) is 23.4. The van der Waals surface area contributed by atoms with Crippen molar-refractivity contribution < 1.29 is 14.4 Å². The van der Waals surface area contributed by atoms with Crippen LogP contribution in [0.3, 0.4) is 0 Å². The summed E-state index contributed by atoms with van der Waals surface area (Å²) in [5.74, 6) is -1.11. The van der Waals surface area contributed by atoms with Gasteiger partial charge in [0.05, 0.1) is 12.5 Å². The van der Waals surface area contributed by atoms with Crippen LogP contribution in [-0.4, -0.2) is 59.5 Å². The molecule has 1 fully saturated rings. The number of amides is 1. The molecule has 0 radical (unpaired) electrons. The van der Waals surface area contributed by atoms with E-state index in [0.29, 0.717) is 12.1 Å².